The van der Waals surface area contributed by atoms with Gasteiger partial charge in [-0.2, -0.15) is 0 Å². The number of hydrogen-bond acceptors (Lipinski definition) is 5. The van der Waals surface area contributed by atoms with Crippen LogP contribution in [0.15, 0.2) is 23.9 Å². The monoisotopic (exact) mass is 202 g/mol. The first-order chi connectivity index (χ1) is 5.96. The molecule has 0 aromatic heterocycles. The van der Waals surface area contributed by atoms with Crippen LogP contribution >= 0.6 is 12.6 Å². The molecule has 70 valence electrons. The van der Waals surface area contributed by atoms with Crippen molar-refractivity contribution < 1.29 is 9.85 Å². The molecule has 0 aromatic rings. The molecule has 1 rings (SSSR count). The lowest BCUT2D eigenvalue weighted by atomic mass is 10.1. The van der Waals surface area contributed by atoms with Crippen molar-refractivity contribution >= 4 is 12.6 Å². The van der Waals surface area contributed by atoms with E-state index < -0.39 is 14.7 Å². The number of hydrogen-bond donors (Lipinski definition) is 1. The van der Waals surface area contributed by atoms with Crippen molar-refractivity contribution in [1.29, 1.82) is 0 Å². The quantitative estimate of drug-likeness (QED) is 0.313. The molecule has 0 saturated heterocycles. The third-order valence-corrected chi connectivity index (χ3v) is 2.15. The summed E-state index contributed by atoms with van der Waals surface area (Å²) in [6, 6.07) is 0. The Hall–Kier alpha value is -1.37. The molecule has 0 spiro atoms. The van der Waals surface area contributed by atoms with Gasteiger partial charge < -0.3 is 0 Å². The van der Waals surface area contributed by atoms with Crippen molar-refractivity contribution in [2.24, 2.45) is 0 Å². The SMILES string of the molecule is O=[N+]([O-])C1=CCC(S)([N+](=O)[O-])C=C1. The fourth-order valence-electron chi connectivity index (χ4n) is 0.880. The summed E-state index contributed by atoms with van der Waals surface area (Å²) in [5.74, 6) is 0. The number of nitro groups is 2. The maximum atomic E-state index is 10.4. The molecule has 0 bridgehead atoms. The third-order valence-electron chi connectivity index (χ3n) is 1.66. The molecule has 7 heteroatoms. The van der Waals surface area contributed by atoms with Crippen LogP contribution in [0.3, 0.4) is 0 Å². The number of thiol groups is 1. The molecule has 0 heterocycles. The van der Waals surface area contributed by atoms with Gasteiger partial charge in [-0.05, 0) is 0 Å². The van der Waals surface area contributed by atoms with Crippen LogP contribution < -0.4 is 0 Å². The van der Waals surface area contributed by atoms with Crippen LogP contribution in [-0.4, -0.2) is 14.7 Å². The summed E-state index contributed by atoms with van der Waals surface area (Å²) in [5, 5.41) is 20.7. The normalized spacial score (nSPS) is 26.7. The van der Waals surface area contributed by atoms with Gasteiger partial charge in [0.2, 0.25) is 0 Å². The molecule has 13 heavy (non-hydrogen) atoms. The minimum absolute atomic E-state index is 0.0735. The Morgan fingerprint density at radius 2 is 2.08 bits per heavy atom. The van der Waals surface area contributed by atoms with Crippen molar-refractivity contribution in [3.05, 3.63) is 44.2 Å². The van der Waals surface area contributed by atoms with E-state index in [0.29, 0.717) is 0 Å². The molecule has 0 N–H and O–H groups in total. The predicted octanol–water partition coefficient (Wildman–Crippen LogP) is 1.01. The Kier molecular flexibility index (Phi) is 2.37. The van der Waals surface area contributed by atoms with Gasteiger partial charge >= 0.3 is 0 Å². The molecule has 0 aliphatic heterocycles. The van der Waals surface area contributed by atoms with Crippen LogP contribution in [-0.2, 0) is 0 Å². The Morgan fingerprint density at radius 1 is 1.46 bits per heavy atom. The number of rotatable bonds is 2. The minimum atomic E-state index is -1.50. The predicted molar refractivity (Wildman–Crippen MR) is 47.5 cm³/mol. The second-order valence-electron chi connectivity index (χ2n) is 2.56. The van der Waals surface area contributed by atoms with E-state index in [-0.39, 0.29) is 12.1 Å². The van der Waals surface area contributed by atoms with Crippen LogP contribution in [0.4, 0.5) is 0 Å². The summed E-state index contributed by atoms with van der Waals surface area (Å²) in [6.45, 7) is 0. The third kappa shape index (κ3) is 1.86. The first-order valence-electron chi connectivity index (χ1n) is 3.36. The van der Waals surface area contributed by atoms with E-state index in [2.05, 4.69) is 12.6 Å². The Labute approximate surface area is 78.6 Å². The van der Waals surface area contributed by atoms with Crippen LogP contribution in [0.1, 0.15) is 6.42 Å². The molecule has 1 aliphatic rings. The molecule has 1 unspecified atom stereocenters. The summed E-state index contributed by atoms with van der Waals surface area (Å²) >= 11 is 3.80. The molecule has 0 radical (unpaired) electrons. The fourth-order valence-corrected chi connectivity index (χ4v) is 1.05. The average Bonchev–Trinajstić information content (AvgIpc) is 2.04. The Balaban J connectivity index is 2.85. The molecular formula is C6H6N2O4S. The highest BCUT2D eigenvalue weighted by atomic mass is 32.1. The lowest BCUT2D eigenvalue weighted by Gasteiger charge is -2.15. The van der Waals surface area contributed by atoms with E-state index in [9.17, 15) is 20.2 Å². The topological polar surface area (TPSA) is 86.3 Å². The minimum Gasteiger partial charge on any atom is -0.263 e. The van der Waals surface area contributed by atoms with Crippen LogP contribution in [0.5, 0.6) is 0 Å². The van der Waals surface area contributed by atoms with Crippen molar-refractivity contribution in [1.82, 2.24) is 0 Å². The van der Waals surface area contributed by atoms with E-state index in [1.165, 1.54) is 6.08 Å². The van der Waals surface area contributed by atoms with Gasteiger partial charge in [-0.25, -0.2) is 0 Å². The van der Waals surface area contributed by atoms with Gasteiger partial charge in [-0.3, -0.25) is 20.2 Å². The zero-order chi connectivity index (χ0) is 10.1. The Morgan fingerprint density at radius 3 is 2.38 bits per heavy atom. The molecule has 1 aliphatic carbocycles. The van der Waals surface area contributed by atoms with Crippen LogP contribution in [0.25, 0.3) is 0 Å². The number of nitrogens with zero attached hydrogens (tertiary/aromatic N) is 2. The van der Waals surface area contributed by atoms with Gasteiger partial charge in [0.15, 0.2) is 0 Å². The lowest BCUT2D eigenvalue weighted by molar-refractivity contribution is -0.523. The van der Waals surface area contributed by atoms with Crippen molar-refractivity contribution in [2.45, 2.75) is 11.3 Å². The van der Waals surface area contributed by atoms with Gasteiger partial charge in [-0.1, -0.05) is 12.6 Å². The molecule has 6 nitrogen and oxygen atoms in total. The second-order valence-corrected chi connectivity index (χ2v) is 3.33. The van der Waals surface area contributed by atoms with Crippen molar-refractivity contribution in [3.8, 4) is 0 Å². The van der Waals surface area contributed by atoms with Gasteiger partial charge in [0, 0.05) is 23.2 Å². The average molecular weight is 202 g/mol. The van der Waals surface area contributed by atoms with Gasteiger partial charge in [-0.15, -0.1) is 0 Å². The van der Waals surface area contributed by atoms with Crippen molar-refractivity contribution in [3.63, 3.8) is 0 Å². The molecule has 0 fully saturated rings. The van der Waals surface area contributed by atoms with Gasteiger partial charge in [0.1, 0.15) is 0 Å². The van der Waals surface area contributed by atoms with Crippen molar-refractivity contribution in [2.75, 3.05) is 0 Å². The fraction of sp³-hybridized carbons (Fsp3) is 0.333. The highest BCUT2D eigenvalue weighted by Gasteiger charge is 2.37. The first kappa shape index (κ1) is 9.72. The molecule has 1 atom stereocenters. The highest BCUT2D eigenvalue weighted by molar-refractivity contribution is 7.81. The molecule has 0 aromatic carbocycles. The maximum absolute atomic E-state index is 10.4. The Bertz CT molecular complexity index is 325. The van der Waals surface area contributed by atoms with E-state index in [1.54, 1.807) is 0 Å². The molecular weight excluding hydrogens is 196 g/mol. The second kappa shape index (κ2) is 3.17. The van der Waals surface area contributed by atoms with Gasteiger partial charge in [0.05, 0.1) is 11.3 Å². The summed E-state index contributed by atoms with van der Waals surface area (Å²) < 4.78 is 0. The molecule has 0 saturated carbocycles. The van der Waals surface area contributed by atoms with E-state index >= 15 is 0 Å². The maximum Gasteiger partial charge on any atom is 0.287 e. The summed E-state index contributed by atoms with van der Waals surface area (Å²) in [4.78, 5) is 18.0. The standard InChI is InChI=1S/C6H6N2O4S/c9-7(10)5-1-3-6(13,4-2-5)8(11)12/h1-3,13H,4H2. The first-order valence-corrected chi connectivity index (χ1v) is 3.81. The van der Waals surface area contributed by atoms with Gasteiger partial charge in [0.25, 0.3) is 10.6 Å². The summed E-state index contributed by atoms with van der Waals surface area (Å²) in [7, 11) is 0. The van der Waals surface area contributed by atoms with E-state index in [4.69, 9.17) is 0 Å². The van der Waals surface area contributed by atoms with E-state index in [0.717, 1.165) is 12.2 Å². The summed E-state index contributed by atoms with van der Waals surface area (Å²) in [5.41, 5.74) is -0.133. The highest BCUT2D eigenvalue weighted by Crippen LogP contribution is 2.27. The lowest BCUT2D eigenvalue weighted by Crippen LogP contribution is -2.30. The smallest absolute Gasteiger partial charge is 0.263 e. The van der Waals surface area contributed by atoms with Crippen LogP contribution in [0.2, 0.25) is 0 Å². The van der Waals surface area contributed by atoms with Crippen LogP contribution in [0, 0.1) is 20.2 Å². The largest absolute Gasteiger partial charge is 0.287 e. The zero-order valence-electron chi connectivity index (χ0n) is 6.41. The summed E-state index contributed by atoms with van der Waals surface area (Å²) in [6.07, 6.45) is 3.33. The zero-order valence-corrected chi connectivity index (χ0v) is 7.31. The number of allylic oxidation sites excluding steroid dienone is 1. The molecule has 0 amide bonds. The van der Waals surface area contributed by atoms with E-state index in [1.807, 2.05) is 0 Å².